The lowest BCUT2D eigenvalue weighted by atomic mass is 9.89. The number of imidazole rings is 2. The van der Waals surface area contributed by atoms with Crippen LogP contribution in [0.4, 0.5) is 0 Å². The molecule has 0 saturated heterocycles. The molecule has 0 atom stereocenters. The van der Waals surface area contributed by atoms with Gasteiger partial charge >= 0.3 is 0 Å². The van der Waals surface area contributed by atoms with Gasteiger partial charge in [-0.3, -0.25) is 4.79 Å². The van der Waals surface area contributed by atoms with Crippen LogP contribution < -0.4 is 5.32 Å². The summed E-state index contributed by atoms with van der Waals surface area (Å²) in [5, 5.41) is 3.04. The average Bonchev–Trinajstić information content (AvgIpc) is 3.36. The highest BCUT2D eigenvalue weighted by Gasteiger charge is 2.24. The molecule has 0 radical (unpaired) electrons. The van der Waals surface area contributed by atoms with E-state index in [1.165, 1.54) is 19.3 Å². The SMILES string of the molecule is O=C(NCCc1ncc2ccccn12)c1nc(C2CCCCC2)n2ccccc12. The molecule has 1 N–H and O–H groups in total. The summed E-state index contributed by atoms with van der Waals surface area (Å²) in [5.41, 5.74) is 2.47. The summed E-state index contributed by atoms with van der Waals surface area (Å²) in [6.07, 6.45) is 12.7. The minimum absolute atomic E-state index is 0.114. The van der Waals surface area contributed by atoms with Crippen LogP contribution in [-0.2, 0) is 6.42 Å². The Balaban J connectivity index is 1.34. The first-order valence-corrected chi connectivity index (χ1v) is 10.5. The fourth-order valence-electron chi connectivity index (χ4n) is 4.43. The highest BCUT2D eigenvalue weighted by atomic mass is 16.1. The smallest absolute Gasteiger partial charge is 0.272 e. The molecule has 1 aliphatic carbocycles. The van der Waals surface area contributed by atoms with Crippen molar-refractivity contribution in [1.29, 1.82) is 0 Å². The Morgan fingerprint density at radius 2 is 1.83 bits per heavy atom. The molecule has 0 spiro atoms. The van der Waals surface area contributed by atoms with Gasteiger partial charge in [-0.05, 0) is 37.1 Å². The summed E-state index contributed by atoms with van der Waals surface area (Å²) in [6, 6.07) is 12.0. The molecule has 1 amide bonds. The molecule has 1 saturated carbocycles. The highest BCUT2D eigenvalue weighted by Crippen LogP contribution is 2.33. The first-order chi connectivity index (χ1) is 14.3. The number of carbonyl (C=O) groups excluding carboxylic acids is 1. The Morgan fingerprint density at radius 1 is 1.03 bits per heavy atom. The van der Waals surface area contributed by atoms with Gasteiger partial charge in [0.15, 0.2) is 5.69 Å². The Kier molecular flexibility index (Phi) is 4.76. The van der Waals surface area contributed by atoms with Gasteiger partial charge in [-0.2, -0.15) is 0 Å². The van der Waals surface area contributed by atoms with E-state index in [1.54, 1.807) is 0 Å². The van der Waals surface area contributed by atoms with Gasteiger partial charge < -0.3 is 14.1 Å². The largest absolute Gasteiger partial charge is 0.350 e. The zero-order valence-corrected chi connectivity index (χ0v) is 16.4. The number of amides is 1. The summed E-state index contributed by atoms with van der Waals surface area (Å²) in [6.45, 7) is 0.525. The molecule has 29 heavy (non-hydrogen) atoms. The van der Waals surface area contributed by atoms with Gasteiger partial charge in [0.25, 0.3) is 5.91 Å². The van der Waals surface area contributed by atoms with E-state index in [2.05, 4.69) is 19.1 Å². The van der Waals surface area contributed by atoms with E-state index in [0.717, 1.165) is 35.5 Å². The Morgan fingerprint density at radius 3 is 2.69 bits per heavy atom. The second kappa shape index (κ2) is 7.70. The molecule has 4 heterocycles. The molecule has 1 fully saturated rings. The van der Waals surface area contributed by atoms with Crippen LogP contribution in [0.1, 0.15) is 60.2 Å². The monoisotopic (exact) mass is 387 g/mol. The first-order valence-electron chi connectivity index (χ1n) is 10.5. The number of nitrogens with zero attached hydrogens (tertiary/aromatic N) is 4. The molecule has 0 aliphatic heterocycles. The van der Waals surface area contributed by atoms with Crippen molar-refractivity contribution in [1.82, 2.24) is 24.1 Å². The number of nitrogens with one attached hydrogen (secondary N) is 1. The molecule has 148 valence electrons. The number of fused-ring (bicyclic) bond motifs is 2. The second-order valence-corrected chi connectivity index (χ2v) is 7.79. The molecule has 6 heteroatoms. The molecular weight excluding hydrogens is 362 g/mol. The van der Waals surface area contributed by atoms with Crippen LogP contribution in [0.15, 0.2) is 55.0 Å². The van der Waals surface area contributed by atoms with Gasteiger partial charge in [-0.25, -0.2) is 9.97 Å². The normalized spacial score (nSPS) is 15.2. The molecule has 5 rings (SSSR count). The van der Waals surface area contributed by atoms with Crippen LogP contribution in [0, 0.1) is 0 Å². The van der Waals surface area contributed by atoms with E-state index in [0.29, 0.717) is 24.6 Å². The lowest BCUT2D eigenvalue weighted by Gasteiger charge is -2.20. The Labute approximate surface area is 169 Å². The standard InChI is InChI=1S/C23H25N5O/c29-23(24-13-12-20-25-16-18-10-4-6-14-27(18)20)21-19-11-5-7-15-28(19)22(26-21)17-8-2-1-3-9-17/h4-7,10-11,14-17H,1-3,8-9,12-13H2,(H,24,29). The molecule has 4 aromatic heterocycles. The summed E-state index contributed by atoms with van der Waals surface area (Å²) < 4.78 is 4.16. The van der Waals surface area contributed by atoms with Crippen molar-refractivity contribution in [2.45, 2.75) is 44.4 Å². The van der Waals surface area contributed by atoms with Crippen molar-refractivity contribution in [2.75, 3.05) is 6.54 Å². The van der Waals surface area contributed by atoms with Gasteiger partial charge in [0.1, 0.15) is 11.6 Å². The third-order valence-electron chi connectivity index (χ3n) is 5.91. The number of hydrogen-bond acceptors (Lipinski definition) is 3. The van der Waals surface area contributed by atoms with Gasteiger partial charge in [-0.15, -0.1) is 0 Å². The molecule has 0 aromatic carbocycles. The van der Waals surface area contributed by atoms with E-state index in [-0.39, 0.29) is 5.91 Å². The van der Waals surface area contributed by atoms with E-state index in [1.807, 2.05) is 55.0 Å². The van der Waals surface area contributed by atoms with Crippen molar-refractivity contribution in [2.24, 2.45) is 0 Å². The van der Waals surface area contributed by atoms with Gasteiger partial charge in [0.2, 0.25) is 0 Å². The fraction of sp³-hybridized carbons (Fsp3) is 0.348. The number of rotatable bonds is 5. The number of pyridine rings is 2. The second-order valence-electron chi connectivity index (χ2n) is 7.79. The summed E-state index contributed by atoms with van der Waals surface area (Å²) in [5.74, 6) is 2.30. The highest BCUT2D eigenvalue weighted by molar-refractivity contribution is 5.99. The van der Waals surface area contributed by atoms with Crippen LogP contribution in [-0.4, -0.2) is 31.2 Å². The van der Waals surface area contributed by atoms with E-state index < -0.39 is 0 Å². The maximum Gasteiger partial charge on any atom is 0.272 e. The third kappa shape index (κ3) is 3.39. The van der Waals surface area contributed by atoms with E-state index >= 15 is 0 Å². The lowest BCUT2D eigenvalue weighted by Crippen LogP contribution is -2.26. The van der Waals surface area contributed by atoms with Crippen molar-refractivity contribution < 1.29 is 4.79 Å². The van der Waals surface area contributed by atoms with Crippen LogP contribution >= 0.6 is 0 Å². The lowest BCUT2D eigenvalue weighted by molar-refractivity contribution is 0.0951. The summed E-state index contributed by atoms with van der Waals surface area (Å²) in [7, 11) is 0. The van der Waals surface area contributed by atoms with Crippen molar-refractivity contribution >= 4 is 16.9 Å². The topological polar surface area (TPSA) is 63.7 Å². The minimum atomic E-state index is -0.114. The zero-order chi connectivity index (χ0) is 19.6. The van der Waals surface area contributed by atoms with Crippen LogP contribution in [0.2, 0.25) is 0 Å². The van der Waals surface area contributed by atoms with Crippen LogP contribution in [0.25, 0.3) is 11.0 Å². The average molecular weight is 387 g/mol. The Bertz CT molecular complexity index is 1150. The van der Waals surface area contributed by atoms with Crippen molar-refractivity contribution in [3.63, 3.8) is 0 Å². The number of aromatic nitrogens is 4. The number of carbonyl (C=O) groups is 1. The zero-order valence-electron chi connectivity index (χ0n) is 16.4. The van der Waals surface area contributed by atoms with Gasteiger partial charge in [-0.1, -0.05) is 31.4 Å². The van der Waals surface area contributed by atoms with Crippen molar-refractivity contribution in [3.05, 3.63) is 72.3 Å². The van der Waals surface area contributed by atoms with E-state index in [4.69, 9.17) is 4.98 Å². The summed E-state index contributed by atoms with van der Waals surface area (Å²) in [4.78, 5) is 22.2. The molecule has 1 aliphatic rings. The van der Waals surface area contributed by atoms with E-state index in [9.17, 15) is 4.79 Å². The molecule has 4 aromatic rings. The maximum absolute atomic E-state index is 12.9. The molecular formula is C23H25N5O. The minimum Gasteiger partial charge on any atom is -0.350 e. The van der Waals surface area contributed by atoms with Gasteiger partial charge in [0, 0.05) is 31.3 Å². The predicted octanol–water partition coefficient (Wildman–Crippen LogP) is 4.00. The van der Waals surface area contributed by atoms with Gasteiger partial charge in [0.05, 0.1) is 17.2 Å². The third-order valence-corrected chi connectivity index (χ3v) is 5.91. The fourth-order valence-corrected chi connectivity index (χ4v) is 4.43. The van der Waals surface area contributed by atoms with Crippen molar-refractivity contribution in [3.8, 4) is 0 Å². The van der Waals surface area contributed by atoms with Crippen LogP contribution in [0.5, 0.6) is 0 Å². The molecule has 0 unspecified atom stereocenters. The molecule has 6 nitrogen and oxygen atoms in total. The Hall–Kier alpha value is -3.15. The quantitative estimate of drug-likeness (QED) is 0.563. The predicted molar refractivity (Wildman–Crippen MR) is 112 cm³/mol. The summed E-state index contributed by atoms with van der Waals surface area (Å²) >= 11 is 0. The molecule has 0 bridgehead atoms. The van der Waals surface area contributed by atoms with Crippen LogP contribution in [0.3, 0.4) is 0 Å². The number of hydrogen-bond donors (Lipinski definition) is 1. The first kappa shape index (κ1) is 17.9. The maximum atomic E-state index is 12.9.